The highest BCUT2D eigenvalue weighted by Gasteiger charge is 2.28. The molecule has 1 fully saturated rings. The summed E-state index contributed by atoms with van der Waals surface area (Å²) in [5, 5.41) is 3.97. The molecule has 2 aromatic carbocycles. The monoisotopic (exact) mass is 542 g/mol. The van der Waals surface area contributed by atoms with Gasteiger partial charge in [-0.25, -0.2) is 13.8 Å². The van der Waals surface area contributed by atoms with Crippen LogP contribution in [0, 0.1) is 0 Å². The van der Waals surface area contributed by atoms with E-state index in [1.807, 2.05) is 29.2 Å². The SMILES string of the molecule is O=C(CN1CCN(S(=O)(=O)c2ccc(Br)cc2)CC1)N/N=C/c1cccc(Br)c1. The van der Waals surface area contributed by atoms with Gasteiger partial charge in [-0.2, -0.15) is 9.41 Å². The molecule has 10 heteroatoms. The average molecular weight is 544 g/mol. The first-order valence-electron chi connectivity index (χ1n) is 8.90. The highest BCUT2D eigenvalue weighted by atomic mass is 79.9. The zero-order valence-electron chi connectivity index (χ0n) is 15.5. The van der Waals surface area contributed by atoms with Crippen molar-refractivity contribution in [2.75, 3.05) is 32.7 Å². The molecule has 0 bridgehead atoms. The lowest BCUT2D eigenvalue weighted by molar-refractivity contribution is -0.122. The van der Waals surface area contributed by atoms with Crippen LogP contribution in [0.5, 0.6) is 0 Å². The molecule has 0 radical (unpaired) electrons. The molecule has 0 unspecified atom stereocenters. The Morgan fingerprint density at radius 3 is 2.38 bits per heavy atom. The molecule has 1 amide bonds. The zero-order valence-corrected chi connectivity index (χ0v) is 19.5. The standard InChI is InChI=1S/C19H20Br2N4O3S/c20-16-4-6-18(7-5-16)29(27,28)25-10-8-24(9-11-25)14-19(26)23-22-13-15-2-1-3-17(21)12-15/h1-7,12-13H,8-11,14H2,(H,23,26)/b22-13+. The van der Waals surface area contributed by atoms with Gasteiger partial charge in [0, 0.05) is 35.1 Å². The molecule has 0 aliphatic carbocycles. The summed E-state index contributed by atoms with van der Waals surface area (Å²) in [5.41, 5.74) is 3.37. The summed E-state index contributed by atoms with van der Waals surface area (Å²) in [6.07, 6.45) is 1.57. The number of amides is 1. The lowest BCUT2D eigenvalue weighted by Gasteiger charge is -2.33. The van der Waals surface area contributed by atoms with E-state index in [2.05, 4.69) is 42.4 Å². The van der Waals surface area contributed by atoms with Crippen molar-refractivity contribution < 1.29 is 13.2 Å². The van der Waals surface area contributed by atoms with E-state index in [1.165, 1.54) is 4.31 Å². The number of piperazine rings is 1. The third kappa shape index (κ3) is 6.19. The minimum Gasteiger partial charge on any atom is -0.292 e. The summed E-state index contributed by atoms with van der Waals surface area (Å²) < 4.78 is 28.7. The van der Waals surface area contributed by atoms with Crippen LogP contribution in [0.25, 0.3) is 0 Å². The normalized spacial score (nSPS) is 16.2. The Hall–Kier alpha value is -1.59. The van der Waals surface area contributed by atoms with Crippen LogP contribution in [0.15, 0.2) is 67.5 Å². The van der Waals surface area contributed by atoms with Crippen molar-refractivity contribution in [3.8, 4) is 0 Å². The maximum absolute atomic E-state index is 12.7. The fourth-order valence-corrected chi connectivity index (χ4v) is 4.99. The van der Waals surface area contributed by atoms with Gasteiger partial charge in [-0.1, -0.05) is 44.0 Å². The van der Waals surface area contributed by atoms with Crippen LogP contribution < -0.4 is 5.43 Å². The van der Waals surface area contributed by atoms with E-state index in [0.717, 1.165) is 14.5 Å². The molecule has 7 nitrogen and oxygen atoms in total. The van der Waals surface area contributed by atoms with Crippen molar-refractivity contribution >= 4 is 54.0 Å². The lowest BCUT2D eigenvalue weighted by Crippen LogP contribution is -2.50. The van der Waals surface area contributed by atoms with Gasteiger partial charge in [0.25, 0.3) is 5.91 Å². The van der Waals surface area contributed by atoms with Gasteiger partial charge < -0.3 is 0 Å². The summed E-state index contributed by atoms with van der Waals surface area (Å²) in [7, 11) is -3.52. The molecule has 0 atom stereocenters. The number of halogens is 2. The molecule has 1 saturated heterocycles. The molecule has 2 aromatic rings. The largest absolute Gasteiger partial charge is 0.292 e. The van der Waals surface area contributed by atoms with Crippen LogP contribution in [0.4, 0.5) is 0 Å². The highest BCUT2D eigenvalue weighted by Crippen LogP contribution is 2.20. The second kappa shape index (κ2) is 9.94. The van der Waals surface area contributed by atoms with Crippen LogP contribution in [0.1, 0.15) is 5.56 Å². The van der Waals surface area contributed by atoms with Crippen molar-refractivity contribution in [1.29, 1.82) is 0 Å². The first-order chi connectivity index (χ1) is 13.8. The summed E-state index contributed by atoms with van der Waals surface area (Å²) >= 11 is 6.69. The van der Waals surface area contributed by atoms with Crippen LogP contribution in [-0.4, -0.2) is 62.5 Å². The number of benzene rings is 2. The van der Waals surface area contributed by atoms with Crippen LogP contribution >= 0.6 is 31.9 Å². The second-order valence-corrected chi connectivity index (χ2v) is 10.3. The second-order valence-electron chi connectivity index (χ2n) is 6.48. The Morgan fingerprint density at radius 2 is 1.72 bits per heavy atom. The number of hydrogen-bond acceptors (Lipinski definition) is 5. The van der Waals surface area contributed by atoms with Gasteiger partial charge >= 0.3 is 0 Å². The van der Waals surface area contributed by atoms with Gasteiger partial charge in [0.05, 0.1) is 17.7 Å². The average Bonchev–Trinajstić information content (AvgIpc) is 2.69. The van der Waals surface area contributed by atoms with Crippen molar-refractivity contribution in [1.82, 2.24) is 14.6 Å². The number of rotatable bonds is 6. The molecule has 1 heterocycles. The van der Waals surface area contributed by atoms with Crippen molar-refractivity contribution in [3.63, 3.8) is 0 Å². The van der Waals surface area contributed by atoms with Gasteiger partial charge in [0.1, 0.15) is 0 Å². The number of carbonyl (C=O) groups excluding carboxylic acids is 1. The molecular formula is C19H20Br2N4O3S. The zero-order chi connectivity index (χ0) is 20.9. The molecule has 1 N–H and O–H groups in total. The lowest BCUT2D eigenvalue weighted by atomic mass is 10.2. The molecule has 29 heavy (non-hydrogen) atoms. The summed E-state index contributed by atoms with van der Waals surface area (Å²) in [5.74, 6) is -0.236. The number of hydrogen-bond donors (Lipinski definition) is 1. The van der Waals surface area contributed by atoms with Crippen LogP contribution in [-0.2, 0) is 14.8 Å². The molecule has 3 rings (SSSR count). The molecule has 154 valence electrons. The smallest absolute Gasteiger partial charge is 0.254 e. The first kappa shape index (κ1) is 22.1. The fourth-order valence-electron chi connectivity index (χ4n) is 2.89. The Morgan fingerprint density at radius 1 is 1.03 bits per heavy atom. The van der Waals surface area contributed by atoms with E-state index in [0.29, 0.717) is 26.2 Å². The highest BCUT2D eigenvalue weighted by molar-refractivity contribution is 9.10. The van der Waals surface area contributed by atoms with E-state index in [4.69, 9.17) is 0 Å². The summed E-state index contributed by atoms with van der Waals surface area (Å²) in [6.45, 7) is 1.82. The van der Waals surface area contributed by atoms with Crippen LogP contribution in [0.2, 0.25) is 0 Å². The topological polar surface area (TPSA) is 82.1 Å². The third-order valence-corrected chi connectivity index (χ3v) is 7.34. The predicted octanol–water partition coefficient (Wildman–Crippen LogP) is 2.67. The number of sulfonamides is 1. The Bertz CT molecular complexity index is 989. The fraction of sp³-hybridized carbons (Fsp3) is 0.263. The summed E-state index contributed by atoms with van der Waals surface area (Å²) in [4.78, 5) is 14.3. The van der Waals surface area contributed by atoms with Gasteiger partial charge in [0.15, 0.2) is 0 Å². The van der Waals surface area contributed by atoms with E-state index in [1.54, 1.807) is 30.5 Å². The Labute approximate surface area is 187 Å². The number of nitrogens with zero attached hydrogens (tertiary/aromatic N) is 3. The molecule has 0 spiro atoms. The Kier molecular flexibility index (Phi) is 7.58. The predicted molar refractivity (Wildman–Crippen MR) is 119 cm³/mol. The van der Waals surface area contributed by atoms with E-state index < -0.39 is 10.0 Å². The van der Waals surface area contributed by atoms with Crippen LogP contribution in [0.3, 0.4) is 0 Å². The maximum atomic E-state index is 12.7. The van der Waals surface area contributed by atoms with Crippen molar-refractivity contribution in [3.05, 3.63) is 63.0 Å². The Balaban J connectivity index is 1.48. The molecular weight excluding hydrogens is 524 g/mol. The quantitative estimate of drug-likeness (QED) is 0.448. The van der Waals surface area contributed by atoms with E-state index in [-0.39, 0.29) is 17.3 Å². The third-order valence-electron chi connectivity index (χ3n) is 4.40. The van der Waals surface area contributed by atoms with Gasteiger partial charge in [-0.15, -0.1) is 0 Å². The first-order valence-corrected chi connectivity index (χ1v) is 11.9. The molecule has 0 saturated carbocycles. The van der Waals surface area contributed by atoms with E-state index in [9.17, 15) is 13.2 Å². The number of carbonyl (C=O) groups is 1. The minimum atomic E-state index is -3.52. The summed E-state index contributed by atoms with van der Waals surface area (Å²) in [6, 6.07) is 14.2. The molecule has 1 aliphatic heterocycles. The van der Waals surface area contributed by atoms with Crippen molar-refractivity contribution in [2.45, 2.75) is 4.90 Å². The minimum absolute atomic E-state index is 0.169. The van der Waals surface area contributed by atoms with Crippen molar-refractivity contribution in [2.24, 2.45) is 5.10 Å². The molecule has 0 aromatic heterocycles. The molecule has 1 aliphatic rings. The maximum Gasteiger partial charge on any atom is 0.254 e. The van der Waals surface area contributed by atoms with Gasteiger partial charge in [-0.3, -0.25) is 9.69 Å². The number of hydrazone groups is 1. The van der Waals surface area contributed by atoms with Gasteiger partial charge in [0.2, 0.25) is 10.0 Å². The van der Waals surface area contributed by atoms with E-state index >= 15 is 0 Å². The number of nitrogens with one attached hydrogen (secondary N) is 1. The van der Waals surface area contributed by atoms with Gasteiger partial charge in [-0.05, 0) is 42.0 Å².